The fourth-order valence-corrected chi connectivity index (χ4v) is 4.74. The lowest BCUT2D eigenvalue weighted by molar-refractivity contribution is 0.171. The zero-order chi connectivity index (χ0) is 19.0. The van der Waals surface area contributed by atoms with Crippen molar-refractivity contribution in [1.29, 1.82) is 0 Å². The SMILES string of the molecule is CC1=C(c2ccccc2)S(=O)(=O)NC1=N[C@@H](C)c1ccc2c(c1)OCCO2. The first-order valence-electron chi connectivity index (χ1n) is 8.72. The summed E-state index contributed by atoms with van der Waals surface area (Å²) >= 11 is 0. The van der Waals surface area contributed by atoms with Gasteiger partial charge in [-0.1, -0.05) is 36.4 Å². The van der Waals surface area contributed by atoms with Crippen molar-refractivity contribution in [2.45, 2.75) is 19.9 Å². The van der Waals surface area contributed by atoms with Crippen molar-refractivity contribution in [1.82, 2.24) is 4.72 Å². The molecule has 7 heteroatoms. The second kappa shape index (κ2) is 6.74. The van der Waals surface area contributed by atoms with Crippen molar-refractivity contribution >= 4 is 20.8 Å². The number of aliphatic imine (C=N–C) groups is 1. The van der Waals surface area contributed by atoms with Gasteiger partial charge in [-0.3, -0.25) is 9.71 Å². The highest BCUT2D eigenvalue weighted by atomic mass is 32.2. The van der Waals surface area contributed by atoms with E-state index in [2.05, 4.69) is 9.71 Å². The number of fused-ring (bicyclic) bond motifs is 1. The van der Waals surface area contributed by atoms with Crippen LogP contribution >= 0.6 is 0 Å². The van der Waals surface area contributed by atoms with Crippen molar-refractivity contribution in [2.24, 2.45) is 4.99 Å². The van der Waals surface area contributed by atoms with Crippen LogP contribution in [0.15, 0.2) is 59.1 Å². The normalized spacial score (nSPS) is 20.4. The van der Waals surface area contributed by atoms with E-state index in [1.807, 2.05) is 43.3 Å². The molecular weight excluding hydrogens is 364 g/mol. The van der Waals surface area contributed by atoms with Gasteiger partial charge in [0, 0.05) is 5.57 Å². The molecular formula is C20H20N2O4S. The van der Waals surface area contributed by atoms with Gasteiger partial charge in [0.1, 0.15) is 24.0 Å². The second-order valence-corrected chi connectivity index (χ2v) is 8.10. The number of hydrogen-bond donors (Lipinski definition) is 1. The van der Waals surface area contributed by atoms with Crippen LogP contribution in [0.25, 0.3) is 4.91 Å². The lowest BCUT2D eigenvalue weighted by Crippen LogP contribution is -2.24. The van der Waals surface area contributed by atoms with Crippen molar-refractivity contribution in [3.63, 3.8) is 0 Å². The zero-order valence-electron chi connectivity index (χ0n) is 15.1. The Morgan fingerprint density at radius 2 is 1.74 bits per heavy atom. The fourth-order valence-electron chi connectivity index (χ4n) is 3.24. The number of rotatable bonds is 3. The molecule has 2 aromatic rings. The van der Waals surface area contributed by atoms with Gasteiger partial charge in [-0.15, -0.1) is 0 Å². The first-order chi connectivity index (χ1) is 13.0. The highest BCUT2D eigenvalue weighted by Gasteiger charge is 2.33. The molecule has 1 N–H and O–H groups in total. The van der Waals surface area contributed by atoms with Crippen molar-refractivity contribution in [2.75, 3.05) is 13.2 Å². The van der Waals surface area contributed by atoms with E-state index < -0.39 is 10.0 Å². The summed E-state index contributed by atoms with van der Waals surface area (Å²) in [5.74, 6) is 1.78. The van der Waals surface area contributed by atoms with Crippen molar-refractivity contribution in [3.05, 3.63) is 65.2 Å². The molecule has 2 aliphatic rings. The maximum absolute atomic E-state index is 12.6. The Balaban J connectivity index is 1.69. The van der Waals surface area contributed by atoms with Gasteiger partial charge in [0.25, 0.3) is 10.0 Å². The monoisotopic (exact) mass is 384 g/mol. The van der Waals surface area contributed by atoms with E-state index in [0.29, 0.717) is 41.7 Å². The molecule has 4 rings (SSSR count). The average Bonchev–Trinajstić information content (AvgIpc) is 2.90. The molecule has 0 amide bonds. The summed E-state index contributed by atoms with van der Waals surface area (Å²) in [7, 11) is -3.63. The lowest BCUT2D eigenvalue weighted by Gasteiger charge is -2.19. The predicted octanol–water partition coefficient (Wildman–Crippen LogP) is 3.28. The third kappa shape index (κ3) is 3.30. The Kier molecular flexibility index (Phi) is 4.39. The summed E-state index contributed by atoms with van der Waals surface area (Å²) in [6, 6.07) is 14.5. The molecule has 0 saturated heterocycles. The third-order valence-corrected chi connectivity index (χ3v) is 6.14. The summed E-state index contributed by atoms with van der Waals surface area (Å²) in [5, 5.41) is 0. The number of ether oxygens (including phenoxy) is 2. The second-order valence-electron chi connectivity index (χ2n) is 6.48. The van der Waals surface area contributed by atoms with Gasteiger partial charge in [0.2, 0.25) is 0 Å². The van der Waals surface area contributed by atoms with Crippen LogP contribution in [-0.4, -0.2) is 27.5 Å². The molecule has 0 fully saturated rings. The minimum atomic E-state index is -3.63. The topological polar surface area (TPSA) is 77.0 Å². The predicted molar refractivity (Wildman–Crippen MR) is 104 cm³/mol. The molecule has 27 heavy (non-hydrogen) atoms. The van der Waals surface area contributed by atoms with Gasteiger partial charge in [0.05, 0.1) is 6.04 Å². The summed E-state index contributed by atoms with van der Waals surface area (Å²) in [6.45, 7) is 4.75. The highest BCUT2D eigenvalue weighted by Crippen LogP contribution is 2.35. The van der Waals surface area contributed by atoms with E-state index in [-0.39, 0.29) is 10.9 Å². The number of sulfonamides is 1. The van der Waals surface area contributed by atoms with Gasteiger partial charge in [-0.05, 0) is 37.1 Å². The van der Waals surface area contributed by atoms with Crippen LogP contribution in [0.5, 0.6) is 11.5 Å². The largest absolute Gasteiger partial charge is 0.486 e. The Bertz CT molecular complexity index is 1040. The first kappa shape index (κ1) is 17.6. The molecule has 2 heterocycles. The summed E-state index contributed by atoms with van der Waals surface area (Å²) in [6.07, 6.45) is 0. The van der Waals surface area contributed by atoms with E-state index in [1.165, 1.54) is 0 Å². The Hall–Kier alpha value is -2.80. The first-order valence-corrected chi connectivity index (χ1v) is 10.2. The van der Waals surface area contributed by atoms with Gasteiger partial charge < -0.3 is 9.47 Å². The number of amidine groups is 1. The van der Waals surface area contributed by atoms with Gasteiger partial charge in [-0.2, -0.15) is 0 Å². The number of nitrogens with zero attached hydrogens (tertiary/aromatic N) is 1. The molecule has 140 valence electrons. The molecule has 0 spiro atoms. The zero-order valence-corrected chi connectivity index (χ0v) is 15.9. The molecule has 2 aromatic carbocycles. The van der Waals surface area contributed by atoms with Crippen LogP contribution < -0.4 is 14.2 Å². The van der Waals surface area contributed by atoms with E-state index in [0.717, 1.165) is 5.56 Å². The summed E-state index contributed by atoms with van der Waals surface area (Å²) in [4.78, 5) is 4.89. The molecule has 0 saturated carbocycles. The minimum Gasteiger partial charge on any atom is -0.486 e. The minimum absolute atomic E-state index is 0.247. The van der Waals surface area contributed by atoms with E-state index in [9.17, 15) is 8.42 Å². The van der Waals surface area contributed by atoms with E-state index in [1.54, 1.807) is 19.1 Å². The molecule has 2 aliphatic heterocycles. The summed E-state index contributed by atoms with van der Waals surface area (Å²) in [5.41, 5.74) is 2.19. The van der Waals surface area contributed by atoms with Crippen LogP contribution in [0.3, 0.4) is 0 Å². The third-order valence-electron chi connectivity index (χ3n) is 4.60. The molecule has 6 nitrogen and oxygen atoms in total. The molecule has 0 aromatic heterocycles. The van der Waals surface area contributed by atoms with E-state index >= 15 is 0 Å². The molecule has 0 radical (unpaired) electrons. The van der Waals surface area contributed by atoms with Crippen molar-refractivity contribution < 1.29 is 17.9 Å². The summed E-state index contributed by atoms with van der Waals surface area (Å²) < 4.78 is 39.0. The Morgan fingerprint density at radius 1 is 1.04 bits per heavy atom. The van der Waals surface area contributed by atoms with Crippen LogP contribution in [-0.2, 0) is 10.0 Å². The molecule has 0 unspecified atom stereocenters. The Labute approximate surface area is 158 Å². The quantitative estimate of drug-likeness (QED) is 0.881. The number of hydrogen-bond acceptors (Lipinski definition) is 5. The van der Waals surface area contributed by atoms with Crippen LogP contribution in [0.2, 0.25) is 0 Å². The maximum Gasteiger partial charge on any atom is 0.264 e. The fraction of sp³-hybridized carbons (Fsp3) is 0.250. The van der Waals surface area contributed by atoms with Crippen LogP contribution in [0.4, 0.5) is 0 Å². The lowest BCUT2D eigenvalue weighted by atomic mass is 10.1. The van der Waals surface area contributed by atoms with E-state index in [4.69, 9.17) is 9.47 Å². The van der Waals surface area contributed by atoms with Gasteiger partial charge in [0.15, 0.2) is 11.5 Å². The van der Waals surface area contributed by atoms with Gasteiger partial charge in [-0.25, -0.2) is 8.42 Å². The molecule has 0 aliphatic carbocycles. The smallest absolute Gasteiger partial charge is 0.264 e. The van der Waals surface area contributed by atoms with Crippen LogP contribution in [0.1, 0.15) is 31.0 Å². The highest BCUT2D eigenvalue weighted by molar-refractivity contribution is 8.00. The van der Waals surface area contributed by atoms with Crippen molar-refractivity contribution in [3.8, 4) is 11.5 Å². The molecule has 1 atom stereocenters. The average molecular weight is 384 g/mol. The number of benzene rings is 2. The Morgan fingerprint density at radius 3 is 2.48 bits per heavy atom. The molecule has 0 bridgehead atoms. The number of nitrogens with one attached hydrogen (secondary N) is 1. The van der Waals surface area contributed by atoms with Gasteiger partial charge >= 0.3 is 0 Å². The maximum atomic E-state index is 12.6. The standard InChI is InChI=1S/C20H20N2O4S/c1-13-19(15-6-4-3-5-7-15)27(23,24)22-20(13)21-14(2)16-8-9-17-18(12-16)26-11-10-25-17/h3-9,12,14H,10-11H2,1-2H3,(H,21,22)/t14-/m0/s1. The van der Waals surface area contributed by atoms with Crippen LogP contribution in [0, 0.1) is 0 Å².